The fourth-order valence-corrected chi connectivity index (χ4v) is 2.32. The highest BCUT2D eigenvalue weighted by Gasteiger charge is 2.47. The first-order valence-electron chi connectivity index (χ1n) is 6.18. The third kappa shape index (κ3) is 2.70. The van der Waals surface area contributed by atoms with Crippen LogP contribution in [0.15, 0.2) is 0 Å². The van der Waals surface area contributed by atoms with Gasteiger partial charge in [0.25, 0.3) is 0 Å². The zero-order valence-electron chi connectivity index (χ0n) is 10.4. The molecule has 5 heteroatoms. The lowest BCUT2D eigenvalue weighted by Gasteiger charge is -2.31. The molecule has 2 rings (SSSR count). The summed E-state index contributed by atoms with van der Waals surface area (Å²) in [6.45, 7) is 5.25. The Hall–Kier alpha value is -1.26. The minimum atomic E-state index is -0.797. The van der Waals surface area contributed by atoms with Crippen LogP contribution >= 0.6 is 0 Å². The summed E-state index contributed by atoms with van der Waals surface area (Å²) in [5, 5.41) is 11.9. The molecule has 0 radical (unpaired) electrons. The third-order valence-electron chi connectivity index (χ3n) is 3.87. The van der Waals surface area contributed by atoms with E-state index in [1.807, 2.05) is 0 Å². The second-order valence-electron chi connectivity index (χ2n) is 5.82. The molecule has 0 aromatic rings. The number of carbonyl (C=O) groups is 2. The molecular weight excluding hydrogens is 220 g/mol. The van der Waals surface area contributed by atoms with Crippen molar-refractivity contribution in [1.29, 1.82) is 0 Å². The predicted molar refractivity (Wildman–Crippen MR) is 62.7 cm³/mol. The maximum absolute atomic E-state index is 11.9. The monoisotopic (exact) mass is 240 g/mol. The van der Waals surface area contributed by atoms with Crippen molar-refractivity contribution in [1.82, 2.24) is 10.2 Å². The van der Waals surface area contributed by atoms with Crippen LogP contribution in [0.4, 0.5) is 4.79 Å². The molecule has 1 aliphatic heterocycles. The van der Waals surface area contributed by atoms with Crippen molar-refractivity contribution in [2.24, 2.45) is 11.3 Å². The van der Waals surface area contributed by atoms with Gasteiger partial charge in [-0.05, 0) is 24.7 Å². The Morgan fingerprint density at radius 2 is 2.06 bits per heavy atom. The standard InChI is InChI=1S/C12H20N2O3/c1-12(2)6-9(12)13-11(17)14-5-3-4-8(7-14)10(15)16/h8-9H,3-7H2,1-2H3,(H,13,17)(H,15,16). The second kappa shape index (κ2) is 4.20. The van der Waals surface area contributed by atoms with Gasteiger partial charge in [-0.15, -0.1) is 0 Å². The minimum absolute atomic E-state index is 0.105. The van der Waals surface area contributed by atoms with Crippen molar-refractivity contribution in [3.63, 3.8) is 0 Å². The van der Waals surface area contributed by atoms with Gasteiger partial charge in [0.2, 0.25) is 0 Å². The van der Waals surface area contributed by atoms with Crippen LogP contribution in [-0.4, -0.2) is 41.1 Å². The van der Waals surface area contributed by atoms with Gasteiger partial charge in [-0.1, -0.05) is 13.8 Å². The number of nitrogens with one attached hydrogen (secondary N) is 1. The van der Waals surface area contributed by atoms with Crippen molar-refractivity contribution >= 4 is 12.0 Å². The van der Waals surface area contributed by atoms with Crippen molar-refractivity contribution < 1.29 is 14.7 Å². The summed E-state index contributed by atoms with van der Waals surface area (Å²) in [4.78, 5) is 24.5. The number of hydrogen-bond acceptors (Lipinski definition) is 2. The first-order valence-corrected chi connectivity index (χ1v) is 6.18. The normalized spacial score (nSPS) is 30.8. The Morgan fingerprint density at radius 1 is 1.41 bits per heavy atom. The van der Waals surface area contributed by atoms with Gasteiger partial charge >= 0.3 is 12.0 Å². The number of likely N-dealkylation sites (tertiary alicyclic amines) is 1. The van der Waals surface area contributed by atoms with Crippen LogP contribution in [0.25, 0.3) is 0 Å². The number of nitrogens with zero attached hydrogens (tertiary/aromatic N) is 1. The van der Waals surface area contributed by atoms with Crippen molar-refractivity contribution in [3.8, 4) is 0 Å². The number of aliphatic carboxylic acids is 1. The molecule has 1 heterocycles. The van der Waals surface area contributed by atoms with E-state index < -0.39 is 11.9 Å². The van der Waals surface area contributed by atoms with E-state index in [1.54, 1.807) is 4.90 Å². The van der Waals surface area contributed by atoms with Gasteiger partial charge in [0.15, 0.2) is 0 Å². The largest absolute Gasteiger partial charge is 0.481 e. The first kappa shape index (κ1) is 12.2. The van der Waals surface area contributed by atoms with Crippen LogP contribution < -0.4 is 5.32 Å². The molecule has 0 spiro atoms. The van der Waals surface area contributed by atoms with Crippen molar-refractivity contribution in [3.05, 3.63) is 0 Å². The molecule has 0 aromatic carbocycles. The Balaban J connectivity index is 1.85. The third-order valence-corrected chi connectivity index (χ3v) is 3.87. The molecular formula is C12H20N2O3. The van der Waals surface area contributed by atoms with Gasteiger partial charge in [-0.3, -0.25) is 4.79 Å². The van der Waals surface area contributed by atoms with E-state index in [2.05, 4.69) is 19.2 Å². The predicted octanol–water partition coefficient (Wildman–Crippen LogP) is 1.29. The molecule has 2 unspecified atom stereocenters. The SMILES string of the molecule is CC1(C)CC1NC(=O)N1CCCC(C(=O)O)C1. The van der Waals surface area contributed by atoms with E-state index >= 15 is 0 Å². The maximum atomic E-state index is 11.9. The second-order valence-corrected chi connectivity index (χ2v) is 5.82. The molecule has 1 saturated carbocycles. The van der Waals surface area contributed by atoms with Crippen LogP contribution in [-0.2, 0) is 4.79 Å². The Labute approximate surface area is 101 Å². The van der Waals surface area contributed by atoms with E-state index in [4.69, 9.17) is 5.11 Å². The smallest absolute Gasteiger partial charge is 0.317 e. The molecule has 1 saturated heterocycles. The number of hydrogen-bond donors (Lipinski definition) is 2. The first-order chi connectivity index (χ1) is 7.90. The Morgan fingerprint density at radius 3 is 2.59 bits per heavy atom. The van der Waals surface area contributed by atoms with Gasteiger partial charge in [-0.2, -0.15) is 0 Å². The highest BCUT2D eigenvalue weighted by molar-refractivity contribution is 5.77. The molecule has 2 fully saturated rings. The molecule has 96 valence electrons. The maximum Gasteiger partial charge on any atom is 0.317 e. The zero-order chi connectivity index (χ0) is 12.6. The zero-order valence-corrected chi connectivity index (χ0v) is 10.4. The van der Waals surface area contributed by atoms with E-state index in [0.717, 1.165) is 12.8 Å². The van der Waals surface area contributed by atoms with Gasteiger partial charge in [0.05, 0.1) is 5.92 Å². The number of urea groups is 1. The topological polar surface area (TPSA) is 69.6 Å². The quantitative estimate of drug-likeness (QED) is 0.764. The summed E-state index contributed by atoms with van der Waals surface area (Å²) in [6, 6.07) is 0.145. The number of amides is 2. The molecule has 0 bridgehead atoms. The van der Waals surface area contributed by atoms with Gasteiger partial charge < -0.3 is 15.3 Å². The summed E-state index contributed by atoms with van der Waals surface area (Å²) in [5.41, 5.74) is 0.206. The summed E-state index contributed by atoms with van der Waals surface area (Å²) in [5.74, 6) is -1.20. The molecule has 2 atom stereocenters. The molecule has 2 amide bonds. The lowest BCUT2D eigenvalue weighted by atomic mass is 9.99. The van der Waals surface area contributed by atoms with E-state index in [0.29, 0.717) is 19.5 Å². The average Bonchev–Trinajstić information content (AvgIpc) is 2.86. The molecule has 5 nitrogen and oxygen atoms in total. The minimum Gasteiger partial charge on any atom is -0.481 e. The molecule has 2 N–H and O–H groups in total. The van der Waals surface area contributed by atoms with E-state index in [1.165, 1.54) is 0 Å². The summed E-state index contributed by atoms with van der Waals surface area (Å²) < 4.78 is 0. The van der Waals surface area contributed by atoms with Crippen LogP contribution in [0.3, 0.4) is 0 Å². The van der Waals surface area contributed by atoms with Crippen molar-refractivity contribution in [2.75, 3.05) is 13.1 Å². The van der Waals surface area contributed by atoms with Crippen LogP contribution in [0.5, 0.6) is 0 Å². The Kier molecular flexibility index (Phi) is 3.02. The van der Waals surface area contributed by atoms with Crippen LogP contribution in [0.1, 0.15) is 33.1 Å². The molecule has 17 heavy (non-hydrogen) atoms. The van der Waals surface area contributed by atoms with Crippen molar-refractivity contribution in [2.45, 2.75) is 39.2 Å². The number of carbonyl (C=O) groups excluding carboxylic acids is 1. The average molecular weight is 240 g/mol. The highest BCUT2D eigenvalue weighted by Crippen LogP contribution is 2.44. The number of piperidine rings is 1. The van der Waals surface area contributed by atoms with Crippen LogP contribution in [0.2, 0.25) is 0 Å². The number of carboxylic acids is 1. The van der Waals surface area contributed by atoms with E-state index in [9.17, 15) is 9.59 Å². The summed E-state index contributed by atoms with van der Waals surface area (Å²) >= 11 is 0. The van der Waals surface area contributed by atoms with Gasteiger partial charge in [0, 0.05) is 19.1 Å². The van der Waals surface area contributed by atoms with Crippen LogP contribution in [0, 0.1) is 11.3 Å². The molecule has 1 aliphatic carbocycles. The lowest BCUT2D eigenvalue weighted by Crippen LogP contribution is -2.48. The fraction of sp³-hybridized carbons (Fsp3) is 0.833. The summed E-state index contributed by atoms with van der Waals surface area (Å²) in [6.07, 6.45) is 2.46. The highest BCUT2D eigenvalue weighted by atomic mass is 16.4. The molecule has 2 aliphatic rings. The lowest BCUT2D eigenvalue weighted by molar-refractivity contribution is -0.143. The number of carboxylic acid groups (broad SMARTS) is 1. The van der Waals surface area contributed by atoms with E-state index in [-0.39, 0.29) is 17.5 Å². The van der Waals surface area contributed by atoms with Gasteiger partial charge in [0.1, 0.15) is 0 Å². The number of rotatable bonds is 2. The van der Waals surface area contributed by atoms with Gasteiger partial charge in [-0.25, -0.2) is 4.79 Å². The molecule has 0 aromatic heterocycles. The summed E-state index contributed by atoms with van der Waals surface area (Å²) in [7, 11) is 0. The fourth-order valence-electron chi connectivity index (χ4n) is 2.32. The Bertz CT molecular complexity index is 341.